The Balaban J connectivity index is 2.17. The maximum Gasteiger partial charge on any atom is 0.294 e. The van der Waals surface area contributed by atoms with Gasteiger partial charge in [0.25, 0.3) is 5.91 Å². The molecular weight excluding hydrogens is 332 g/mol. The van der Waals surface area contributed by atoms with Crippen LogP contribution in [0.4, 0.5) is 0 Å². The van der Waals surface area contributed by atoms with Crippen molar-refractivity contribution in [3.05, 3.63) is 66.5 Å². The van der Waals surface area contributed by atoms with E-state index in [4.69, 9.17) is 4.84 Å². The van der Waals surface area contributed by atoms with Crippen LogP contribution in [0.5, 0.6) is 0 Å². The Hall–Kier alpha value is -2.50. The zero-order chi connectivity index (χ0) is 17.8. The molecule has 3 aromatic rings. The first kappa shape index (κ1) is 17.3. The van der Waals surface area contributed by atoms with E-state index < -0.39 is 0 Å². The lowest BCUT2D eigenvalue weighted by Gasteiger charge is -2.15. The van der Waals surface area contributed by atoms with Gasteiger partial charge >= 0.3 is 0 Å². The predicted octanol–water partition coefficient (Wildman–Crippen LogP) is 4.70. The van der Waals surface area contributed by atoms with Crippen molar-refractivity contribution in [3.63, 3.8) is 0 Å². The lowest BCUT2D eigenvalue weighted by Crippen LogP contribution is -2.26. The van der Waals surface area contributed by atoms with Gasteiger partial charge in [-0.25, -0.2) is 5.06 Å². The first-order chi connectivity index (χ1) is 12.2. The van der Waals surface area contributed by atoms with Crippen LogP contribution in [0.25, 0.3) is 22.3 Å². The van der Waals surface area contributed by atoms with E-state index in [1.807, 2.05) is 54.9 Å². The summed E-state index contributed by atoms with van der Waals surface area (Å²) in [6, 6.07) is 18.3. The topological polar surface area (TPSA) is 45.3 Å². The Bertz CT molecular complexity index is 857. The Morgan fingerprint density at radius 2 is 1.72 bits per heavy atom. The molecule has 128 valence electrons. The number of hydroxylamine groups is 2. The molecule has 0 saturated heterocycles. The van der Waals surface area contributed by atoms with Crippen LogP contribution in [0.1, 0.15) is 10.5 Å². The van der Waals surface area contributed by atoms with Crippen LogP contribution in [0, 0.1) is 0 Å². The van der Waals surface area contributed by atoms with Gasteiger partial charge in [0.15, 0.2) is 0 Å². The lowest BCUT2D eigenvalue weighted by molar-refractivity contribution is -0.0759. The summed E-state index contributed by atoms with van der Waals surface area (Å²) in [5, 5.41) is 1.22. The van der Waals surface area contributed by atoms with Gasteiger partial charge in [0.05, 0.1) is 7.11 Å². The van der Waals surface area contributed by atoms with Gasteiger partial charge in [-0.05, 0) is 29.5 Å². The lowest BCUT2D eigenvalue weighted by atomic mass is 9.96. The highest BCUT2D eigenvalue weighted by molar-refractivity contribution is 7.98. The predicted molar refractivity (Wildman–Crippen MR) is 103 cm³/mol. The molecule has 0 fully saturated rings. The van der Waals surface area contributed by atoms with Crippen molar-refractivity contribution in [2.75, 3.05) is 20.4 Å². The summed E-state index contributed by atoms with van der Waals surface area (Å²) in [5.41, 5.74) is 4.44. The first-order valence-corrected chi connectivity index (χ1v) is 9.11. The standard InChI is InChI=1S/C20H20N2O2S/c1-22(24-2)20(23)19-18(15-9-11-16(25-3)12-10-15)17(13-21-19)14-7-5-4-6-8-14/h4-13,21H,1-3H3. The Kier molecular flexibility index (Phi) is 5.26. The Morgan fingerprint density at radius 1 is 1.04 bits per heavy atom. The van der Waals surface area contributed by atoms with Gasteiger partial charge in [-0.2, -0.15) is 0 Å². The second-order valence-corrected chi connectivity index (χ2v) is 6.41. The van der Waals surface area contributed by atoms with E-state index in [0.29, 0.717) is 5.69 Å². The third-order valence-electron chi connectivity index (χ3n) is 4.12. The van der Waals surface area contributed by atoms with Crippen LogP contribution in [-0.4, -0.2) is 36.4 Å². The quantitative estimate of drug-likeness (QED) is 0.534. The van der Waals surface area contributed by atoms with Gasteiger partial charge in [0.2, 0.25) is 0 Å². The van der Waals surface area contributed by atoms with Crippen molar-refractivity contribution in [1.82, 2.24) is 10.0 Å². The molecule has 0 unspecified atom stereocenters. The summed E-state index contributed by atoms with van der Waals surface area (Å²) < 4.78 is 0. The third-order valence-corrected chi connectivity index (χ3v) is 4.86. The molecule has 1 amide bonds. The number of hydrogen-bond acceptors (Lipinski definition) is 3. The number of H-pyrrole nitrogens is 1. The van der Waals surface area contributed by atoms with Gasteiger partial charge < -0.3 is 4.98 Å². The van der Waals surface area contributed by atoms with E-state index in [0.717, 1.165) is 22.3 Å². The van der Waals surface area contributed by atoms with Gasteiger partial charge in [-0.3, -0.25) is 9.63 Å². The molecular formula is C20H20N2O2S. The fourth-order valence-corrected chi connectivity index (χ4v) is 3.14. The van der Waals surface area contributed by atoms with E-state index in [2.05, 4.69) is 17.1 Å². The van der Waals surface area contributed by atoms with Crippen LogP contribution in [0.2, 0.25) is 0 Å². The largest absolute Gasteiger partial charge is 0.356 e. The molecule has 4 nitrogen and oxygen atoms in total. The minimum atomic E-state index is -0.214. The summed E-state index contributed by atoms with van der Waals surface area (Å²) in [7, 11) is 3.08. The Labute approximate surface area is 151 Å². The molecule has 0 bridgehead atoms. The molecule has 0 spiro atoms. The van der Waals surface area contributed by atoms with Crippen molar-refractivity contribution in [2.45, 2.75) is 4.90 Å². The number of amides is 1. The Morgan fingerprint density at radius 3 is 2.32 bits per heavy atom. The van der Waals surface area contributed by atoms with Gasteiger partial charge in [-0.1, -0.05) is 42.5 Å². The number of aromatic nitrogens is 1. The number of hydrogen-bond donors (Lipinski definition) is 1. The molecule has 0 radical (unpaired) electrons. The number of benzene rings is 2. The monoisotopic (exact) mass is 352 g/mol. The van der Waals surface area contributed by atoms with E-state index in [1.54, 1.807) is 18.8 Å². The van der Waals surface area contributed by atoms with Gasteiger partial charge in [0, 0.05) is 29.3 Å². The minimum absolute atomic E-state index is 0.214. The van der Waals surface area contributed by atoms with Crippen molar-refractivity contribution < 1.29 is 9.63 Å². The molecule has 3 rings (SSSR count). The molecule has 0 atom stereocenters. The van der Waals surface area contributed by atoms with E-state index in [-0.39, 0.29) is 5.91 Å². The number of aromatic amines is 1. The van der Waals surface area contributed by atoms with Crippen molar-refractivity contribution in [2.24, 2.45) is 0 Å². The minimum Gasteiger partial charge on any atom is -0.356 e. The molecule has 1 aromatic heterocycles. The summed E-state index contributed by atoms with van der Waals surface area (Å²) >= 11 is 1.69. The number of nitrogens with zero attached hydrogens (tertiary/aromatic N) is 1. The van der Waals surface area contributed by atoms with Crippen LogP contribution in [-0.2, 0) is 4.84 Å². The summed E-state index contributed by atoms with van der Waals surface area (Å²) in [4.78, 5) is 22.1. The van der Waals surface area contributed by atoms with Crippen LogP contribution in [0.3, 0.4) is 0 Å². The van der Waals surface area contributed by atoms with Crippen molar-refractivity contribution in [3.8, 4) is 22.3 Å². The molecule has 0 aliphatic carbocycles. The highest BCUT2D eigenvalue weighted by Gasteiger charge is 2.22. The van der Waals surface area contributed by atoms with Gasteiger partial charge in [0.1, 0.15) is 5.69 Å². The SMILES string of the molecule is CON(C)C(=O)c1[nH]cc(-c2ccccc2)c1-c1ccc(SC)cc1. The smallest absolute Gasteiger partial charge is 0.294 e. The molecule has 1 N–H and O–H groups in total. The molecule has 1 heterocycles. The highest BCUT2D eigenvalue weighted by Crippen LogP contribution is 2.36. The summed E-state index contributed by atoms with van der Waals surface area (Å²) in [6.45, 7) is 0. The molecule has 0 aliphatic heterocycles. The second-order valence-electron chi connectivity index (χ2n) is 5.53. The zero-order valence-corrected chi connectivity index (χ0v) is 15.3. The van der Waals surface area contributed by atoms with E-state index >= 15 is 0 Å². The van der Waals surface area contributed by atoms with Crippen LogP contribution in [0.15, 0.2) is 65.7 Å². The van der Waals surface area contributed by atoms with Crippen LogP contribution < -0.4 is 0 Å². The van der Waals surface area contributed by atoms with Crippen LogP contribution >= 0.6 is 11.8 Å². The second kappa shape index (κ2) is 7.59. The molecule has 2 aromatic carbocycles. The molecule has 0 aliphatic rings. The van der Waals surface area contributed by atoms with Crippen molar-refractivity contribution in [1.29, 1.82) is 0 Å². The van der Waals surface area contributed by atoms with Crippen molar-refractivity contribution >= 4 is 17.7 Å². The molecule has 5 heteroatoms. The average molecular weight is 352 g/mol. The third kappa shape index (κ3) is 3.48. The fraction of sp³-hybridized carbons (Fsp3) is 0.150. The number of nitrogens with one attached hydrogen (secondary N) is 1. The zero-order valence-electron chi connectivity index (χ0n) is 14.4. The fourth-order valence-electron chi connectivity index (χ4n) is 2.74. The molecule has 0 saturated carbocycles. The number of carbonyl (C=O) groups excluding carboxylic acids is 1. The average Bonchev–Trinajstić information content (AvgIpc) is 3.12. The molecule has 25 heavy (non-hydrogen) atoms. The first-order valence-electron chi connectivity index (χ1n) is 7.89. The van der Waals surface area contributed by atoms with E-state index in [1.165, 1.54) is 17.1 Å². The number of rotatable bonds is 5. The van der Waals surface area contributed by atoms with Gasteiger partial charge in [-0.15, -0.1) is 11.8 Å². The summed E-state index contributed by atoms with van der Waals surface area (Å²) in [5.74, 6) is -0.214. The maximum absolute atomic E-state index is 12.7. The number of thioether (sulfide) groups is 1. The van der Waals surface area contributed by atoms with E-state index in [9.17, 15) is 4.79 Å². The normalized spacial score (nSPS) is 10.7. The highest BCUT2D eigenvalue weighted by atomic mass is 32.2. The number of carbonyl (C=O) groups is 1. The maximum atomic E-state index is 12.7. The summed E-state index contributed by atoms with van der Waals surface area (Å²) in [6.07, 6.45) is 3.92.